The molecule has 0 aliphatic carbocycles. The van der Waals surface area contributed by atoms with Crippen molar-refractivity contribution in [2.75, 3.05) is 25.2 Å². The summed E-state index contributed by atoms with van der Waals surface area (Å²) in [6.45, 7) is 5.92. The summed E-state index contributed by atoms with van der Waals surface area (Å²) in [4.78, 5) is 0. The molecular formula is C13H21NOS. The number of aryl methyl sites for hydroxylation is 1. The lowest BCUT2D eigenvalue weighted by molar-refractivity contribution is 0.337. The zero-order valence-electron chi connectivity index (χ0n) is 10.4. The van der Waals surface area contributed by atoms with Crippen molar-refractivity contribution >= 4 is 11.8 Å². The first-order valence-electron chi connectivity index (χ1n) is 5.73. The van der Waals surface area contributed by atoms with Crippen molar-refractivity contribution in [1.82, 2.24) is 5.32 Å². The number of ether oxygens (including phenoxy) is 1. The lowest BCUT2D eigenvalue weighted by Crippen LogP contribution is -2.09. The molecule has 0 saturated carbocycles. The molecule has 0 spiro atoms. The van der Waals surface area contributed by atoms with Crippen LogP contribution in [0, 0.1) is 6.92 Å². The highest BCUT2D eigenvalue weighted by Crippen LogP contribution is 2.23. The average Bonchev–Trinajstić information content (AvgIpc) is 2.28. The second kappa shape index (κ2) is 7.58. The summed E-state index contributed by atoms with van der Waals surface area (Å²) in [7, 11) is 1.96. The molecule has 2 nitrogen and oxygen atoms in total. The lowest BCUT2D eigenvalue weighted by atomic mass is 10.1. The molecule has 0 bridgehead atoms. The molecule has 0 aromatic heterocycles. The Hall–Kier alpha value is -0.670. The number of benzene rings is 1. The topological polar surface area (TPSA) is 21.3 Å². The summed E-state index contributed by atoms with van der Waals surface area (Å²) in [5, 5.41) is 3.17. The smallest absolute Gasteiger partial charge is 0.126 e. The van der Waals surface area contributed by atoms with Gasteiger partial charge in [-0.2, -0.15) is 11.8 Å². The van der Waals surface area contributed by atoms with Gasteiger partial charge in [0.1, 0.15) is 5.75 Å². The zero-order valence-corrected chi connectivity index (χ0v) is 11.2. The third kappa shape index (κ3) is 4.06. The standard InChI is InChI=1S/C13H21NOS/c1-4-16-9-8-15-13-11(2)6-5-7-12(13)10-14-3/h5-7,14H,4,8-10H2,1-3H3. The zero-order chi connectivity index (χ0) is 11.8. The first kappa shape index (κ1) is 13.4. The van der Waals surface area contributed by atoms with E-state index in [1.165, 1.54) is 11.1 Å². The largest absolute Gasteiger partial charge is 0.492 e. The maximum Gasteiger partial charge on any atom is 0.126 e. The van der Waals surface area contributed by atoms with Crippen LogP contribution < -0.4 is 10.1 Å². The number of nitrogens with one attached hydrogen (secondary N) is 1. The van der Waals surface area contributed by atoms with Crippen molar-refractivity contribution in [3.63, 3.8) is 0 Å². The van der Waals surface area contributed by atoms with Crippen LogP contribution in [0.4, 0.5) is 0 Å². The van der Waals surface area contributed by atoms with E-state index in [2.05, 4.69) is 37.4 Å². The van der Waals surface area contributed by atoms with Crippen LogP contribution in [0.2, 0.25) is 0 Å². The molecule has 1 aromatic rings. The van der Waals surface area contributed by atoms with E-state index in [9.17, 15) is 0 Å². The van der Waals surface area contributed by atoms with Gasteiger partial charge in [-0.25, -0.2) is 0 Å². The fourth-order valence-electron chi connectivity index (χ4n) is 1.60. The Bertz CT molecular complexity index is 315. The van der Waals surface area contributed by atoms with E-state index in [-0.39, 0.29) is 0 Å². The average molecular weight is 239 g/mol. The maximum absolute atomic E-state index is 5.86. The third-order valence-electron chi connectivity index (χ3n) is 2.34. The molecule has 16 heavy (non-hydrogen) atoms. The van der Waals surface area contributed by atoms with Gasteiger partial charge in [-0.1, -0.05) is 25.1 Å². The van der Waals surface area contributed by atoms with Gasteiger partial charge in [-0.15, -0.1) is 0 Å². The number of hydrogen-bond acceptors (Lipinski definition) is 3. The minimum absolute atomic E-state index is 0.792. The van der Waals surface area contributed by atoms with Crippen LogP contribution in [-0.4, -0.2) is 25.2 Å². The molecular weight excluding hydrogens is 218 g/mol. The van der Waals surface area contributed by atoms with Gasteiger partial charge in [0.05, 0.1) is 6.61 Å². The first-order chi connectivity index (χ1) is 7.79. The summed E-state index contributed by atoms with van der Waals surface area (Å²) in [6, 6.07) is 6.29. The van der Waals surface area contributed by atoms with Gasteiger partial charge in [0.15, 0.2) is 0 Å². The van der Waals surface area contributed by atoms with Gasteiger partial charge in [0.2, 0.25) is 0 Å². The van der Waals surface area contributed by atoms with Crippen LogP contribution in [0.3, 0.4) is 0 Å². The van der Waals surface area contributed by atoms with Gasteiger partial charge in [0.25, 0.3) is 0 Å². The van der Waals surface area contributed by atoms with Gasteiger partial charge in [0, 0.05) is 17.9 Å². The molecule has 0 unspecified atom stereocenters. The molecule has 0 radical (unpaired) electrons. The molecule has 0 heterocycles. The molecule has 0 aliphatic heterocycles. The Balaban J connectivity index is 2.61. The minimum Gasteiger partial charge on any atom is -0.492 e. The van der Waals surface area contributed by atoms with Gasteiger partial charge in [-0.3, -0.25) is 0 Å². The molecule has 0 amide bonds. The highest BCUT2D eigenvalue weighted by atomic mass is 32.2. The highest BCUT2D eigenvalue weighted by molar-refractivity contribution is 7.99. The molecule has 0 saturated heterocycles. The van der Waals surface area contributed by atoms with E-state index in [1.54, 1.807) is 0 Å². The highest BCUT2D eigenvalue weighted by Gasteiger charge is 2.05. The molecule has 1 N–H and O–H groups in total. The SMILES string of the molecule is CCSCCOc1c(C)cccc1CNC. The van der Waals surface area contributed by atoms with Crippen LogP contribution in [-0.2, 0) is 6.54 Å². The van der Waals surface area contributed by atoms with Gasteiger partial charge < -0.3 is 10.1 Å². The van der Waals surface area contributed by atoms with Crippen molar-refractivity contribution in [2.24, 2.45) is 0 Å². The monoisotopic (exact) mass is 239 g/mol. The van der Waals surface area contributed by atoms with E-state index < -0.39 is 0 Å². The summed E-state index contributed by atoms with van der Waals surface area (Å²) < 4.78 is 5.86. The van der Waals surface area contributed by atoms with Crippen molar-refractivity contribution in [1.29, 1.82) is 0 Å². The van der Waals surface area contributed by atoms with Crippen LogP contribution in [0.1, 0.15) is 18.1 Å². The van der Waals surface area contributed by atoms with Gasteiger partial charge in [-0.05, 0) is 25.3 Å². The van der Waals surface area contributed by atoms with Crippen LogP contribution in [0.5, 0.6) is 5.75 Å². The quantitative estimate of drug-likeness (QED) is 0.739. The van der Waals surface area contributed by atoms with E-state index >= 15 is 0 Å². The fraction of sp³-hybridized carbons (Fsp3) is 0.538. The molecule has 90 valence electrons. The van der Waals surface area contributed by atoms with Crippen LogP contribution in [0.25, 0.3) is 0 Å². The van der Waals surface area contributed by atoms with Crippen molar-refractivity contribution < 1.29 is 4.74 Å². The molecule has 0 fully saturated rings. The van der Waals surface area contributed by atoms with E-state index in [0.29, 0.717) is 0 Å². The number of rotatable bonds is 7. The molecule has 1 aromatic carbocycles. The summed E-state index contributed by atoms with van der Waals surface area (Å²) >= 11 is 1.91. The van der Waals surface area contributed by atoms with Gasteiger partial charge >= 0.3 is 0 Å². The minimum atomic E-state index is 0.792. The molecule has 1 rings (SSSR count). The Morgan fingerprint density at radius 2 is 2.19 bits per heavy atom. The van der Waals surface area contributed by atoms with Crippen LogP contribution >= 0.6 is 11.8 Å². The van der Waals surface area contributed by atoms with E-state index in [1.807, 2.05) is 18.8 Å². The predicted octanol–water partition coefficient (Wildman–Crippen LogP) is 2.85. The third-order valence-corrected chi connectivity index (χ3v) is 3.20. The van der Waals surface area contributed by atoms with Crippen molar-refractivity contribution in [2.45, 2.75) is 20.4 Å². The Morgan fingerprint density at radius 3 is 2.88 bits per heavy atom. The summed E-state index contributed by atoms with van der Waals surface area (Å²) in [5.41, 5.74) is 2.46. The number of para-hydroxylation sites is 1. The lowest BCUT2D eigenvalue weighted by Gasteiger charge is -2.13. The Kier molecular flexibility index (Phi) is 6.34. The Morgan fingerprint density at radius 1 is 1.38 bits per heavy atom. The molecule has 3 heteroatoms. The first-order valence-corrected chi connectivity index (χ1v) is 6.88. The van der Waals surface area contributed by atoms with Crippen molar-refractivity contribution in [3.05, 3.63) is 29.3 Å². The van der Waals surface area contributed by atoms with E-state index in [4.69, 9.17) is 4.74 Å². The second-order valence-electron chi connectivity index (χ2n) is 3.64. The second-order valence-corrected chi connectivity index (χ2v) is 5.03. The predicted molar refractivity (Wildman–Crippen MR) is 72.4 cm³/mol. The van der Waals surface area contributed by atoms with Crippen molar-refractivity contribution in [3.8, 4) is 5.75 Å². The van der Waals surface area contributed by atoms with Crippen LogP contribution in [0.15, 0.2) is 18.2 Å². The number of hydrogen-bond donors (Lipinski definition) is 1. The summed E-state index contributed by atoms with van der Waals surface area (Å²) in [6.07, 6.45) is 0. The summed E-state index contributed by atoms with van der Waals surface area (Å²) in [5.74, 6) is 3.26. The number of thioether (sulfide) groups is 1. The molecule has 0 atom stereocenters. The normalized spacial score (nSPS) is 10.4. The fourth-order valence-corrected chi connectivity index (χ4v) is 2.09. The maximum atomic E-state index is 5.86. The van der Waals surface area contributed by atoms with E-state index in [0.717, 1.165) is 30.4 Å². The Labute approximate surface area is 103 Å². The molecule has 0 aliphatic rings.